The molecule has 110 valence electrons. The fourth-order valence-corrected chi connectivity index (χ4v) is 2.11. The summed E-state index contributed by atoms with van der Waals surface area (Å²) in [6.45, 7) is 6.84. The van der Waals surface area contributed by atoms with Gasteiger partial charge in [0.05, 0.1) is 18.8 Å². The molecule has 0 aliphatic carbocycles. The smallest absolute Gasteiger partial charge is 0.251 e. The molecule has 4 nitrogen and oxygen atoms in total. The summed E-state index contributed by atoms with van der Waals surface area (Å²) in [5.41, 5.74) is 3.38. The van der Waals surface area contributed by atoms with Crippen LogP contribution in [0, 0.1) is 13.8 Å². The number of amides is 1. The third-order valence-corrected chi connectivity index (χ3v) is 3.22. The van der Waals surface area contributed by atoms with E-state index in [1.165, 1.54) is 0 Å². The summed E-state index contributed by atoms with van der Waals surface area (Å²) in [5.74, 6) is 0.737. The van der Waals surface area contributed by atoms with Gasteiger partial charge >= 0.3 is 0 Å². The molecule has 0 aliphatic heterocycles. The van der Waals surface area contributed by atoms with E-state index in [1.807, 2.05) is 51.1 Å². The lowest BCUT2D eigenvalue weighted by Gasteiger charge is -2.12. The second-order valence-corrected chi connectivity index (χ2v) is 4.87. The summed E-state index contributed by atoms with van der Waals surface area (Å²) >= 11 is 0. The third-order valence-electron chi connectivity index (χ3n) is 3.22. The highest BCUT2D eigenvalue weighted by Gasteiger charge is 2.12. The number of hydrogen-bond donors (Lipinski definition) is 1. The number of pyridine rings is 1. The van der Waals surface area contributed by atoms with Crippen LogP contribution in [-0.2, 0) is 6.54 Å². The molecule has 0 saturated heterocycles. The highest BCUT2D eigenvalue weighted by molar-refractivity contribution is 5.96. The van der Waals surface area contributed by atoms with Gasteiger partial charge in [0.25, 0.3) is 5.91 Å². The second kappa shape index (κ2) is 6.88. The first-order valence-corrected chi connectivity index (χ1v) is 7.04. The van der Waals surface area contributed by atoms with Crippen LogP contribution in [0.4, 0.5) is 0 Å². The molecule has 0 saturated carbocycles. The molecule has 1 N–H and O–H groups in total. The number of aryl methyl sites for hydroxylation is 2. The molecule has 1 heterocycles. The molecular weight excluding hydrogens is 264 g/mol. The first-order chi connectivity index (χ1) is 10.1. The van der Waals surface area contributed by atoms with Crippen LogP contribution in [0.2, 0.25) is 0 Å². The van der Waals surface area contributed by atoms with E-state index in [0.717, 1.165) is 22.6 Å². The number of rotatable bonds is 5. The van der Waals surface area contributed by atoms with Crippen LogP contribution in [0.15, 0.2) is 36.5 Å². The first kappa shape index (κ1) is 15.0. The van der Waals surface area contributed by atoms with Gasteiger partial charge in [0.1, 0.15) is 5.75 Å². The average molecular weight is 284 g/mol. The molecule has 2 aromatic rings. The number of aromatic nitrogens is 1. The summed E-state index contributed by atoms with van der Waals surface area (Å²) in [5, 5.41) is 2.89. The van der Waals surface area contributed by atoms with Crippen LogP contribution in [-0.4, -0.2) is 17.5 Å². The minimum absolute atomic E-state index is 0.0932. The van der Waals surface area contributed by atoms with Gasteiger partial charge < -0.3 is 10.1 Å². The largest absolute Gasteiger partial charge is 0.494 e. The zero-order chi connectivity index (χ0) is 15.2. The first-order valence-electron chi connectivity index (χ1n) is 7.04. The molecule has 4 heteroatoms. The lowest BCUT2D eigenvalue weighted by Crippen LogP contribution is -2.24. The predicted molar refractivity (Wildman–Crippen MR) is 82.5 cm³/mol. The zero-order valence-electron chi connectivity index (χ0n) is 12.6. The maximum absolute atomic E-state index is 12.3. The van der Waals surface area contributed by atoms with Gasteiger partial charge in [0, 0.05) is 11.8 Å². The third kappa shape index (κ3) is 3.81. The van der Waals surface area contributed by atoms with E-state index < -0.39 is 0 Å². The highest BCUT2D eigenvalue weighted by Crippen LogP contribution is 2.23. The zero-order valence-corrected chi connectivity index (χ0v) is 12.6. The van der Waals surface area contributed by atoms with Crippen molar-refractivity contribution in [1.29, 1.82) is 0 Å². The molecule has 0 atom stereocenters. The minimum atomic E-state index is -0.0932. The van der Waals surface area contributed by atoms with Crippen LogP contribution in [0.5, 0.6) is 5.75 Å². The van der Waals surface area contributed by atoms with Crippen molar-refractivity contribution in [1.82, 2.24) is 10.3 Å². The lowest BCUT2D eigenvalue weighted by molar-refractivity contribution is 0.0949. The Hall–Kier alpha value is -2.36. The summed E-state index contributed by atoms with van der Waals surface area (Å²) in [7, 11) is 0. The number of hydrogen-bond acceptors (Lipinski definition) is 3. The van der Waals surface area contributed by atoms with Crippen molar-refractivity contribution in [3.63, 3.8) is 0 Å². The maximum Gasteiger partial charge on any atom is 0.251 e. The Morgan fingerprint density at radius 1 is 1.24 bits per heavy atom. The normalized spacial score (nSPS) is 10.2. The number of benzene rings is 1. The second-order valence-electron chi connectivity index (χ2n) is 4.87. The summed E-state index contributed by atoms with van der Waals surface area (Å²) in [6.07, 6.45) is 1.72. The Bertz CT molecular complexity index is 624. The number of carbonyl (C=O) groups excluding carboxylic acids is 1. The molecule has 1 aromatic heterocycles. The molecular formula is C17H20N2O2. The van der Waals surface area contributed by atoms with E-state index in [-0.39, 0.29) is 5.91 Å². The Morgan fingerprint density at radius 2 is 2.05 bits per heavy atom. The Labute approximate surface area is 125 Å². The van der Waals surface area contributed by atoms with E-state index in [2.05, 4.69) is 10.3 Å². The van der Waals surface area contributed by atoms with Crippen LogP contribution in [0.25, 0.3) is 0 Å². The lowest BCUT2D eigenvalue weighted by atomic mass is 10.0. The molecule has 0 unspecified atom stereocenters. The van der Waals surface area contributed by atoms with Crippen LogP contribution in [0.3, 0.4) is 0 Å². The maximum atomic E-state index is 12.3. The van der Waals surface area contributed by atoms with Crippen LogP contribution >= 0.6 is 0 Å². The molecule has 1 aromatic carbocycles. The Morgan fingerprint density at radius 3 is 2.71 bits per heavy atom. The van der Waals surface area contributed by atoms with Gasteiger partial charge in [0.15, 0.2) is 0 Å². The van der Waals surface area contributed by atoms with Crippen molar-refractivity contribution in [3.8, 4) is 5.75 Å². The van der Waals surface area contributed by atoms with E-state index >= 15 is 0 Å². The van der Waals surface area contributed by atoms with E-state index in [0.29, 0.717) is 18.7 Å². The Kier molecular flexibility index (Phi) is 4.93. The molecule has 2 rings (SSSR count). The molecule has 0 bridgehead atoms. The van der Waals surface area contributed by atoms with Crippen molar-refractivity contribution >= 4 is 5.91 Å². The quantitative estimate of drug-likeness (QED) is 0.918. The van der Waals surface area contributed by atoms with Gasteiger partial charge in [-0.3, -0.25) is 9.78 Å². The minimum Gasteiger partial charge on any atom is -0.494 e. The SMILES string of the molecule is CCOc1cc(C)c(C(=O)NCc2ccccn2)cc1C. The number of nitrogens with zero attached hydrogens (tertiary/aromatic N) is 1. The van der Waals surface area contributed by atoms with Gasteiger partial charge in [0.2, 0.25) is 0 Å². The van der Waals surface area contributed by atoms with Gasteiger partial charge in [-0.25, -0.2) is 0 Å². The molecule has 0 radical (unpaired) electrons. The van der Waals surface area contributed by atoms with Gasteiger partial charge in [-0.05, 0) is 56.2 Å². The molecule has 21 heavy (non-hydrogen) atoms. The van der Waals surface area contributed by atoms with Crippen LogP contribution < -0.4 is 10.1 Å². The summed E-state index contributed by atoms with van der Waals surface area (Å²) in [4.78, 5) is 16.5. The van der Waals surface area contributed by atoms with Crippen molar-refractivity contribution in [3.05, 3.63) is 58.9 Å². The standard InChI is InChI=1S/C17H20N2O2/c1-4-21-16-10-12(2)15(9-13(16)3)17(20)19-11-14-7-5-6-8-18-14/h5-10H,4,11H2,1-3H3,(H,19,20). The fraction of sp³-hybridized carbons (Fsp3) is 0.294. The van der Waals surface area contributed by atoms with Gasteiger partial charge in [-0.15, -0.1) is 0 Å². The fourth-order valence-electron chi connectivity index (χ4n) is 2.11. The van der Waals surface area contributed by atoms with Crippen molar-refractivity contribution in [2.75, 3.05) is 6.61 Å². The van der Waals surface area contributed by atoms with E-state index in [1.54, 1.807) is 6.20 Å². The van der Waals surface area contributed by atoms with Crippen molar-refractivity contribution < 1.29 is 9.53 Å². The molecule has 1 amide bonds. The van der Waals surface area contributed by atoms with E-state index in [9.17, 15) is 4.79 Å². The topological polar surface area (TPSA) is 51.2 Å². The highest BCUT2D eigenvalue weighted by atomic mass is 16.5. The van der Waals surface area contributed by atoms with Crippen LogP contribution in [0.1, 0.15) is 34.1 Å². The molecule has 0 fully saturated rings. The van der Waals surface area contributed by atoms with Gasteiger partial charge in [-0.1, -0.05) is 6.07 Å². The Balaban J connectivity index is 2.10. The van der Waals surface area contributed by atoms with Gasteiger partial charge in [-0.2, -0.15) is 0 Å². The average Bonchev–Trinajstić information content (AvgIpc) is 2.49. The number of carbonyl (C=O) groups is 1. The number of nitrogens with one attached hydrogen (secondary N) is 1. The van der Waals surface area contributed by atoms with E-state index in [4.69, 9.17) is 4.74 Å². The number of ether oxygens (including phenoxy) is 1. The summed E-state index contributed by atoms with van der Waals surface area (Å²) in [6, 6.07) is 9.42. The monoisotopic (exact) mass is 284 g/mol. The predicted octanol–water partition coefficient (Wildman–Crippen LogP) is 3.03. The van der Waals surface area contributed by atoms with Crippen molar-refractivity contribution in [2.45, 2.75) is 27.3 Å². The van der Waals surface area contributed by atoms with Crippen molar-refractivity contribution in [2.24, 2.45) is 0 Å². The molecule has 0 spiro atoms. The summed E-state index contributed by atoms with van der Waals surface area (Å²) < 4.78 is 5.54. The molecule has 0 aliphatic rings.